The number of hydrogen-bond donors (Lipinski definition) is 0. The maximum atomic E-state index is 5.24. The second-order valence-electron chi connectivity index (χ2n) is 3.83. The van der Waals surface area contributed by atoms with Gasteiger partial charge in [-0.05, 0) is 23.6 Å². The fourth-order valence-electron chi connectivity index (χ4n) is 1.92. The summed E-state index contributed by atoms with van der Waals surface area (Å²) in [5, 5.41) is 2.06. The molecule has 0 unspecified atom stereocenters. The van der Waals surface area contributed by atoms with E-state index in [2.05, 4.69) is 21.0 Å². The number of fused-ring (bicyclic) bond motifs is 1. The molecule has 0 spiro atoms. The topological polar surface area (TPSA) is 27.1 Å². The highest BCUT2D eigenvalue weighted by molar-refractivity contribution is 7.13. The minimum Gasteiger partial charge on any atom is -0.497 e. The van der Waals surface area contributed by atoms with E-state index in [0.29, 0.717) is 0 Å². The standard InChI is InChI=1S/C13H12N2OS/c1-15-11-8-9(16-2)5-6-10(11)14-13(15)12-4-3-7-17-12/h3-8H,1-2H3. The molecule has 0 aliphatic heterocycles. The lowest BCUT2D eigenvalue weighted by atomic mass is 10.3. The molecule has 0 saturated heterocycles. The van der Waals surface area contributed by atoms with Crippen LogP contribution in [0.15, 0.2) is 35.7 Å². The van der Waals surface area contributed by atoms with Crippen molar-refractivity contribution in [3.63, 3.8) is 0 Å². The molecule has 0 atom stereocenters. The highest BCUT2D eigenvalue weighted by Crippen LogP contribution is 2.28. The minimum absolute atomic E-state index is 0.859. The van der Waals surface area contributed by atoms with Gasteiger partial charge in [-0.25, -0.2) is 4.98 Å². The van der Waals surface area contributed by atoms with E-state index in [1.807, 2.05) is 31.3 Å². The van der Waals surface area contributed by atoms with Crippen LogP contribution in [-0.2, 0) is 7.05 Å². The van der Waals surface area contributed by atoms with E-state index in [0.717, 1.165) is 22.6 Å². The number of ether oxygens (including phenoxy) is 1. The number of imidazole rings is 1. The van der Waals surface area contributed by atoms with Gasteiger partial charge in [0.1, 0.15) is 5.75 Å². The molecular formula is C13H12N2OS. The fraction of sp³-hybridized carbons (Fsp3) is 0.154. The van der Waals surface area contributed by atoms with Crippen molar-refractivity contribution in [3.05, 3.63) is 35.7 Å². The lowest BCUT2D eigenvalue weighted by Crippen LogP contribution is -1.90. The largest absolute Gasteiger partial charge is 0.497 e. The average molecular weight is 244 g/mol. The first-order chi connectivity index (χ1) is 8.29. The molecule has 0 saturated carbocycles. The highest BCUT2D eigenvalue weighted by Gasteiger charge is 2.10. The van der Waals surface area contributed by atoms with Crippen LogP contribution in [0.25, 0.3) is 21.7 Å². The molecule has 17 heavy (non-hydrogen) atoms. The van der Waals surface area contributed by atoms with Gasteiger partial charge >= 0.3 is 0 Å². The van der Waals surface area contributed by atoms with E-state index in [1.165, 1.54) is 4.88 Å². The van der Waals surface area contributed by atoms with E-state index in [4.69, 9.17) is 4.74 Å². The summed E-state index contributed by atoms with van der Waals surface area (Å²) in [4.78, 5) is 5.83. The quantitative estimate of drug-likeness (QED) is 0.691. The Kier molecular flexibility index (Phi) is 2.37. The maximum absolute atomic E-state index is 5.24. The molecule has 4 heteroatoms. The predicted octanol–water partition coefficient (Wildman–Crippen LogP) is 3.31. The molecule has 0 aliphatic rings. The van der Waals surface area contributed by atoms with Crippen molar-refractivity contribution in [1.29, 1.82) is 0 Å². The summed E-state index contributed by atoms with van der Waals surface area (Å²) in [6, 6.07) is 10.1. The van der Waals surface area contributed by atoms with Gasteiger partial charge in [0.25, 0.3) is 0 Å². The van der Waals surface area contributed by atoms with Crippen molar-refractivity contribution in [3.8, 4) is 16.5 Å². The Morgan fingerprint density at radius 1 is 1.29 bits per heavy atom. The first-order valence-corrected chi connectivity index (χ1v) is 6.22. The molecular weight excluding hydrogens is 232 g/mol. The second-order valence-corrected chi connectivity index (χ2v) is 4.77. The lowest BCUT2D eigenvalue weighted by Gasteiger charge is -2.01. The van der Waals surface area contributed by atoms with Gasteiger partial charge in [0.15, 0.2) is 5.82 Å². The van der Waals surface area contributed by atoms with Gasteiger partial charge in [-0.1, -0.05) is 6.07 Å². The molecule has 3 rings (SSSR count). The number of benzene rings is 1. The van der Waals surface area contributed by atoms with Gasteiger partial charge in [0.05, 0.1) is 23.0 Å². The summed E-state index contributed by atoms with van der Waals surface area (Å²) in [6.07, 6.45) is 0. The smallest absolute Gasteiger partial charge is 0.150 e. The monoisotopic (exact) mass is 244 g/mol. The van der Waals surface area contributed by atoms with E-state index in [9.17, 15) is 0 Å². The Morgan fingerprint density at radius 3 is 2.88 bits per heavy atom. The van der Waals surface area contributed by atoms with Crippen LogP contribution in [0.5, 0.6) is 5.75 Å². The van der Waals surface area contributed by atoms with Gasteiger partial charge in [-0.15, -0.1) is 11.3 Å². The number of methoxy groups -OCH3 is 1. The Balaban J connectivity index is 2.25. The molecule has 0 amide bonds. The number of rotatable bonds is 2. The van der Waals surface area contributed by atoms with E-state index < -0.39 is 0 Å². The van der Waals surface area contributed by atoms with Gasteiger partial charge in [-0.3, -0.25) is 0 Å². The Bertz CT molecular complexity index is 655. The molecule has 0 aliphatic carbocycles. The van der Waals surface area contributed by atoms with Crippen molar-refractivity contribution in [2.75, 3.05) is 7.11 Å². The third-order valence-electron chi connectivity index (χ3n) is 2.83. The van der Waals surface area contributed by atoms with Crippen LogP contribution in [0.2, 0.25) is 0 Å². The first-order valence-electron chi connectivity index (χ1n) is 5.34. The predicted molar refractivity (Wildman–Crippen MR) is 70.6 cm³/mol. The summed E-state index contributed by atoms with van der Waals surface area (Å²) in [6.45, 7) is 0. The molecule has 1 aromatic carbocycles. The van der Waals surface area contributed by atoms with Crippen LogP contribution in [0.1, 0.15) is 0 Å². The number of nitrogens with zero attached hydrogens (tertiary/aromatic N) is 2. The zero-order valence-electron chi connectivity index (χ0n) is 9.68. The molecule has 0 fully saturated rings. The van der Waals surface area contributed by atoms with Crippen LogP contribution in [0.3, 0.4) is 0 Å². The number of hydrogen-bond acceptors (Lipinski definition) is 3. The van der Waals surface area contributed by atoms with Gasteiger partial charge in [0.2, 0.25) is 0 Å². The summed E-state index contributed by atoms with van der Waals surface area (Å²) < 4.78 is 7.34. The Morgan fingerprint density at radius 2 is 2.18 bits per heavy atom. The second kappa shape index (κ2) is 3.89. The van der Waals surface area contributed by atoms with Crippen LogP contribution in [0, 0.1) is 0 Å². The van der Waals surface area contributed by atoms with Crippen molar-refractivity contribution in [2.24, 2.45) is 7.05 Å². The van der Waals surface area contributed by atoms with Gasteiger partial charge in [-0.2, -0.15) is 0 Å². The van der Waals surface area contributed by atoms with Gasteiger partial charge in [0, 0.05) is 13.1 Å². The normalized spacial score (nSPS) is 10.9. The first kappa shape index (κ1) is 10.4. The van der Waals surface area contributed by atoms with Crippen molar-refractivity contribution in [1.82, 2.24) is 9.55 Å². The van der Waals surface area contributed by atoms with Crippen LogP contribution < -0.4 is 4.74 Å². The van der Waals surface area contributed by atoms with Crippen LogP contribution in [-0.4, -0.2) is 16.7 Å². The third-order valence-corrected chi connectivity index (χ3v) is 3.70. The molecule has 2 heterocycles. The molecule has 86 valence electrons. The Labute approximate surface area is 103 Å². The van der Waals surface area contributed by atoms with E-state index >= 15 is 0 Å². The Hall–Kier alpha value is -1.81. The summed E-state index contributed by atoms with van der Waals surface area (Å²) in [5.41, 5.74) is 2.09. The average Bonchev–Trinajstić information content (AvgIpc) is 2.97. The summed E-state index contributed by atoms with van der Waals surface area (Å²) in [5.74, 6) is 1.86. The zero-order valence-corrected chi connectivity index (χ0v) is 10.5. The van der Waals surface area contributed by atoms with E-state index in [1.54, 1.807) is 18.4 Å². The van der Waals surface area contributed by atoms with Gasteiger partial charge < -0.3 is 9.30 Å². The minimum atomic E-state index is 0.859. The number of aromatic nitrogens is 2. The molecule has 2 aromatic heterocycles. The zero-order chi connectivity index (χ0) is 11.8. The number of thiophene rings is 1. The van der Waals surface area contributed by atoms with Crippen LogP contribution >= 0.6 is 11.3 Å². The highest BCUT2D eigenvalue weighted by atomic mass is 32.1. The molecule has 0 radical (unpaired) electrons. The number of aryl methyl sites for hydroxylation is 1. The molecule has 0 N–H and O–H groups in total. The SMILES string of the molecule is COc1ccc2nc(-c3cccs3)n(C)c2c1. The lowest BCUT2D eigenvalue weighted by molar-refractivity contribution is 0.415. The third kappa shape index (κ3) is 1.61. The van der Waals surface area contributed by atoms with Crippen molar-refractivity contribution < 1.29 is 4.74 Å². The fourth-order valence-corrected chi connectivity index (χ4v) is 2.67. The molecule has 3 aromatic rings. The summed E-state index contributed by atoms with van der Waals surface area (Å²) in [7, 11) is 3.71. The van der Waals surface area contributed by atoms with Crippen molar-refractivity contribution >= 4 is 22.4 Å². The molecule has 0 bridgehead atoms. The van der Waals surface area contributed by atoms with E-state index in [-0.39, 0.29) is 0 Å². The van der Waals surface area contributed by atoms with Crippen LogP contribution in [0.4, 0.5) is 0 Å². The van der Waals surface area contributed by atoms with Crippen molar-refractivity contribution in [2.45, 2.75) is 0 Å². The molecule has 3 nitrogen and oxygen atoms in total. The summed E-state index contributed by atoms with van der Waals surface area (Å²) >= 11 is 1.70. The maximum Gasteiger partial charge on any atom is 0.150 e.